The molecule has 0 fully saturated rings. The van der Waals surface area contributed by atoms with Crippen molar-refractivity contribution in [3.63, 3.8) is 0 Å². The number of hydrogen-bond acceptors (Lipinski definition) is 2. The fourth-order valence-corrected chi connectivity index (χ4v) is 1.53. The molecular formula is C12H9F5O3. The summed E-state index contributed by atoms with van der Waals surface area (Å²) in [7, 11) is 0. The minimum atomic E-state index is -4.85. The Labute approximate surface area is 110 Å². The maximum atomic E-state index is 12.2. The van der Waals surface area contributed by atoms with E-state index in [4.69, 9.17) is 5.11 Å². The molecule has 0 aromatic heterocycles. The first-order chi connectivity index (χ1) is 9.17. The first kappa shape index (κ1) is 15.9. The Morgan fingerprint density at radius 3 is 2.20 bits per heavy atom. The summed E-state index contributed by atoms with van der Waals surface area (Å²) in [4.78, 5) is 10.6. The molecule has 0 aliphatic carbocycles. The van der Waals surface area contributed by atoms with Gasteiger partial charge in [-0.25, -0.2) is 0 Å². The van der Waals surface area contributed by atoms with E-state index in [-0.39, 0.29) is 5.56 Å². The average molecular weight is 296 g/mol. The zero-order valence-electron chi connectivity index (χ0n) is 9.82. The van der Waals surface area contributed by atoms with Crippen LogP contribution in [0.5, 0.6) is 5.75 Å². The van der Waals surface area contributed by atoms with Crippen LogP contribution in [0.25, 0.3) is 0 Å². The number of benzene rings is 1. The van der Waals surface area contributed by atoms with E-state index in [1.54, 1.807) is 0 Å². The van der Waals surface area contributed by atoms with Gasteiger partial charge in [0, 0.05) is 5.92 Å². The van der Waals surface area contributed by atoms with Crippen molar-refractivity contribution in [2.24, 2.45) is 0 Å². The van der Waals surface area contributed by atoms with Crippen LogP contribution < -0.4 is 4.74 Å². The second kappa shape index (κ2) is 6.36. The molecule has 0 bridgehead atoms. The van der Waals surface area contributed by atoms with Crippen LogP contribution in [0.1, 0.15) is 17.9 Å². The molecule has 0 saturated carbocycles. The molecule has 0 saturated heterocycles. The third kappa shape index (κ3) is 5.68. The molecule has 0 aliphatic rings. The highest BCUT2D eigenvalue weighted by molar-refractivity contribution is 5.68. The van der Waals surface area contributed by atoms with E-state index in [0.717, 1.165) is 24.3 Å². The lowest BCUT2D eigenvalue weighted by Gasteiger charge is -2.12. The summed E-state index contributed by atoms with van der Waals surface area (Å²) < 4.78 is 63.9. The van der Waals surface area contributed by atoms with E-state index in [0.29, 0.717) is 6.08 Å². The van der Waals surface area contributed by atoms with Crippen molar-refractivity contribution in [2.45, 2.75) is 18.7 Å². The SMILES string of the molecule is O=C(O)CC(C=C(F)F)c1ccc(OC(F)(F)F)cc1. The van der Waals surface area contributed by atoms with Crippen molar-refractivity contribution < 1.29 is 36.6 Å². The second-order valence-corrected chi connectivity index (χ2v) is 3.78. The maximum Gasteiger partial charge on any atom is 0.573 e. The lowest BCUT2D eigenvalue weighted by molar-refractivity contribution is -0.274. The normalized spacial score (nSPS) is 12.7. The summed E-state index contributed by atoms with van der Waals surface area (Å²) >= 11 is 0. The van der Waals surface area contributed by atoms with E-state index < -0.39 is 36.5 Å². The third-order valence-electron chi connectivity index (χ3n) is 2.26. The highest BCUT2D eigenvalue weighted by atomic mass is 19.4. The lowest BCUT2D eigenvalue weighted by atomic mass is 9.96. The molecule has 1 unspecified atom stereocenters. The molecule has 0 amide bonds. The summed E-state index contributed by atoms with van der Waals surface area (Å²) in [6.07, 6.45) is -7.08. The summed E-state index contributed by atoms with van der Waals surface area (Å²) in [6.45, 7) is 0. The van der Waals surface area contributed by atoms with E-state index in [1.807, 2.05) is 0 Å². The predicted octanol–water partition coefficient (Wildman–Crippen LogP) is 3.92. The number of alkyl halides is 3. The van der Waals surface area contributed by atoms with Crippen LogP contribution in [-0.2, 0) is 4.79 Å². The third-order valence-corrected chi connectivity index (χ3v) is 2.26. The number of aliphatic carboxylic acids is 1. The molecule has 1 aromatic rings. The van der Waals surface area contributed by atoms with Gasteiger partial charge in [0.1, 0.15) is 5.75 Å². The molecule has 0 heterocycles. The summed E-state index contributed by atoms with van der Waals surface area (Å²) in [5.74, 6) is -2.94. The Balaban J connectivity index is 2.93. The van der Waals surface area contributed by atoms with Gasteiger partial charge in [0.2, 0.25) is 0 Å². The van der Waals surface area contributed by atoms with Gasteiger partial charge in [-0.05, 0) is 23.8 Å². The van der Waals surface area contributed by atoms with Crippen LogP contribution in [0, 0.1) is 0 Å². The largest absolute Gasteiger partial charge is 0.573 e. The van der Waals surface area contributed by atoms with Crippen LogP contribution >= 0.6 is 0 Å². The van der Waals surface area contributed by atoms with Crippen molar-refractivity contribution in [2.75, 3.05) is 0 Å². The van der Waals surface area contributed by atoms with Crippen LogP contribution in [0.4, 0.5) is 22.0 Å². The van der Waals surface area contributed by atoms with Crippen LogP contribution in [0.3, 0.4) is 0 Å². The number of carbonyl (C=O) groups is 1. The molecule has 0 radical (unpaired) electrons. The standard InChI is InChI=1S/C12H9F5O3/c13-10(14)5-8(6-11(18)19)7-1-3-9(4-2-7)20-12(15,16)17/h1-5,8H,6H2,(H,18,19). The lowest BCUT2D eigenvalue weighted by Crippen LogP contribution is -2.17. The molecule has 1 N–H and O–H groups in total. The van der Waals surface area contributed by atoms with Crippen molar-refractivity contribution in [3.8, 4) is 5.75 Å². The van der Waals surface area contributed by atoms with Gasteiger partial charge in [-0.3, -0.25) is 4.79 Å². The Hall–Kier alpha value is -2.12. The van der Waals surface area contributed by atoms with E-state index in [2.05, 4.69) is 4.74 Å². The molecule has 0 spiro atoms. The average Bonchev–Trinajstić information content (AvgIpc) is 2.25. The Kier molecular flexibility index (Phi) is 5.06. The van der Waals surface area contributed by atoms with Crippen molar-refractivity contribution in [3.05, 3.63) is 42.0 Å². The van der Waals surface area contributed by atoms with Gasteiger partial charge in [0.15, 0.2) is 0 Å². The number of halogens is 5. The number of rotatable bonds is 5. The van der Waals surface area contributed by atoms with Gasteiger partial charge in [-0.2, -0.15) is 8.78 Å². The predicted molar refractivity (Wildman–Crippen MR) is 58.4 cm³/mol. The van der Waals surface area contributed by atoms with Gasteiger partial charge in [-0.15, -0.1) is 13.2 Å². The van der Waals surface area contributed by atoms with Gasteiger partial charge >= 0.3 is 12.3 Å². The number of ether oxygens (including phenoxy) is 1. The highest BCUT2D eigenvalue weighted by Crippen LogP contribution is 2.28. The Morgan fingerprint density at radius 2 is 1.80 bits per heavy atom. The second-order valence-electron chi connectivity index (χ2n) is 3.78. The summed E-state index contributed by atoms with van der Waals surface area (Å²) in [5.41, 5.74) is 0.148. The van der Waals surface area contributed by atoms with Crippen molar-refractivity contribution >= 4 is 5.97 Å². The molecule has 110 valence electrons. The van der Waals surface area contributed by atoms with Crippen LogP contribution in [-0.4, -0.2) is 17.4 Å². The van der Waals surface area contributed by atoms with E-state index in [1.165, 1.54) is 0 Å². The minimum absolute atomic E-state index is 0.148. The van der Waals surface area contributed by atoms with Crippen molar-refractivity contribution in [1.82, 2.24) is 0 Å². The smallest absolute Gasteiger partial charge is 0.481 e. The van der Waals surface area contributed by atoms with E-state index in [9.17, 15) is 26.7 Å². The van der Waals surface area contributed by atoms with Crippen LogP contribution in [0.15, 0.2) is 36.4 Å². The van der Waals surface area contributed by atoms with Gasteiger partial charge < -0.3 is 9.84 Å². The molecular weight excluding hydrogens is 287 g/mol. The Morgan fingerprint density at radius 1 is 1.25 bits per heavy atom. The molecule has 1 aromatic carbocycles. The van der Waals surface area contributed by atoms with Gasteiger partial charge in [-0.1, -0.05) is 12.1 Å². The Bertz CT molecular complexity index is 489. The van der Waals surface area contributed by atoms with Gasteiger partial charge in [0.05, 0.1) is 6.42 Å². The van der Waals surface area contributed by atoms with Crippen molar-refractivity contribution in [1.29, 1.82) is 0 Å². The molecule has 20 heavy (non-hydrogen) atoms. The van der Waals surface area contributed by atoms with Gasteiger partial charge in [0.25, 0.3) is 6.08 Å². The number of hydrogen-bond donors (Lipinski definition) is 1. The zero-order chi connectivity index (χ0) is 15.3. The maximum absolute atomic E-state index is 12.2. The fraction of sp³-hybridized carbons (Fsp3) is 0.250. The molecule has 1 rings (SSSR count). The monoisotopic (exact) mass is 296 g/mol. The molecule has 1 atom stereocenters. The van der Waals surface area contributed by atoms with Crippen LogP contribution in [0.2, 0.25) is 0 Å². The summed E-state index contributed by atoms with van der Waals surface area (Å²) in [5, 5.41) is 8.62. The minimum Gasteiger partial charge on any atom is -0.481 e. The number of carboxylic acid groups (broad SMARTS) is 1. The first-order valence-electron chi connectivity index (χ1n) is 5.27. The van der Waals surface area contributed by atoms with E-state index >= 15 is 0 Å². The molecule has 0 aliphatic heterocycles. The molecule has 3 nitrogen and oxygen atoms in total. The number of carboxylic acids is 1. The number of allylic oxidation sites excluding steroid dienone is 1. The summed E-state index contributed by atoms with van der Waals surface area (Å²) in [6, 6.07) is 4.07. The zero-order valence-corrected chi connectivity index (χ0v) is 9.82. The molecule has 8 heteroatoms. The topological polar surface area (TPSA) is 46.5 Å². The highest BCUT2D eigenvalue weighted by Gasteiger charge is 2.31. The quantitative estimate of drug-likeness (QED) is 0.838. The fourth-order valence-electron chi connectivity index (χ4n) is 1.53. The first-order valence-corrected chi connectivity index (χ1v) is 5.27.